The summed E-state index contributed by atoms with van der Waals surface area (Å²) >= 11 is 1.54. The third kappa shape index (κ3) is 5.33. The first-order chi connectivity index (χ1) is 15.6. The smallest absolute Gasteiger partial charge is 0.260 e. The van der Waals surface area contributed by atoms with Crippen molar-refractivity contribution in [2.75, 3.05) is 33.4 Å². The lowest BCUT2D eigenvalue weighted by molar-refractivity contribution is -0.134. The lowest BCUT2D eigenvalue weighted by Gasteiger charge is -2.22. The summed E-state index contributed by atoms with van der Waals surface area (Å²) in [5.74, 6) is 0.307. The minimum atomic E-state index is -0.271. The van der Waals surface area contributed by atoms with Gasteiger partial charge in [-0.3, -0.25) is 9.20 Å². The molecule has 6 nitrogen and oxygen atoms in total. The highest BCUT2D eigenvalue weighted by Gasteiger charge is 2.16. The number of benzene rings is 2. The standard InChI is InChI=1S/C24H24FN3O3S/c1-30-14-13-27(23(29)16-31-21-5-3-2-4-6-21)12-11-20-17-32-24-26-22(15-28(20)24)18-7-9-19(25)10-8-18/h2-10,15,17H,11-14,16H2,1H3. The molecule has 2 aromatic carbocycles. The number of nitrogens with zero attached hydrogens (tertiary/aromatic N) is 3. The molecule has 0 bridgehead atoms. The Labute approximate surface area is 189 Å². The van der Waals surface area contributed by atoms with Crippen LogP contribution in [0.2, 0.25) is 0 Å². The predicted molar refractivity (Wildman–Crippen MR) is 123 cm³/mol. The molecule has 1 amide bonds. The fraction of sp³-hybridized carbons (Fsp3) is 0.250. The van der Waals surface area contributed by atoms with E-state index in [1.165, 1.54) is 12.1 Å². The molecule has 0 spiro atoms. The third-order valence-corrected chi connectivity index (χ3v) is 5.97. The van der Waals surface area contributed by atoms with Crippen LogP contribution >= 0.6 is 11.3 Å². The van der Waals surface area contributed by atoms with Crippen molar-refractivity contribution < 1.29 is 18.7 Å². The molecule has 2 heterocycles. The zero-order chi connectivity index (χ0) is 22.3. The van der Waals surface area contributed by atoms with Gasteiger partial charge in [-0.15, -0.1) is 11.3 Å². The van der Waals surface area contributed by atoms with Crippen molar-refractivity contribution in [2.45, 2.75) is 6.42 Å². The summed E-state index contributed by atoms with van der Waals surface area (Å²) in [6.07, 6.45) is 2.62. The molecule has 166 valence electrons. The summed E-state index contributed by atoms with van der Waals surface area (Å²) in [6, 6.07) is 15.6. The highest BCUT2D eigenvalue weighted by Crippen LogP contribution is 2.24. The van der Waals surface area contributed by atoms with E-state index in [9.17, 15) is 9.18 Å². The van der Waals surface area contributed by atoms with Crippen LogP contribution in [0.25, 0.3) is 16.2 Å². The van der Waals surface area contributed by atoms with Crippen LogP contribution in [-0.4, -0.2) is 53.6 Å². The quantitative estimate of drug-likeness (QED) is 0.359. The molecule has 0 N–H and O–H groups in total. The number of aromatic nitrogens is 2. The molecule has 2 aromatic heterocycles. The molecule has 0 aliphatic rings. The second kappa shape index (κ2) is 10.4. The lowest BCUT2D eigenvalue weighted by atomic mass is 10.2. The fourth-order valence-corrected chi connectivity index (χ4v) is 4.24. The van der Waals surface area contributed by atoms with E-state index in [1.54, 1.807) is 35.5 Å². The summed E-state index contributed by atoms with van der Waals surface area (Å²) in [6.45, 7) is 1.46. The van der Waals surface area contributed by atoms with Gasteiger partial charge in [-0.2, -0.15) is 0 Å². The number of carbonyl (C=O) groups is 1. The number of ether oxygens (including phenoxy) is 2. The number of carbonyl (C=O) groups excluding carboxylic acids is 1. The predicted octanol–water partition coefficient (Wildman–Crippen LogP) is 4.30. The molecule has 8 heteroatoms. The van der Waals surface area contributed by atoms with Crippen molar-refractivity contribution in [2.24, 2.45) is 0 Å². The van der Waals surface area contributed by atoms with Crippen molar-refractivity contribution >= 4 is 22.2 Å². The van der Waals surface area contributed by atoms with Gasteiger partial charge in [0, 0.05) is 49.5 Å². The molecule has 4 aromatic rings. The normalized spacial score (nSPS) is 11.1. The average molecular weight is 454 g/mol. The average Bonchev–Trinajstić information content (AvgIpc) is 3.40. The van der Waals surface area contributed by atoms with Crippen LogP contribution in [0, 0.1) is 5.82 Å². The highest BCUT2D eigenvalue weighted by molar-refractivity contribution is 7.15. The number of hydrogen-bond donors (Lipinski definition) is 0. The van der Waals surface area contributed by atoms with E-state index in [0.717, 1.165) is 21.9 Å². The molecule has 0 aliphatic carbocycles. The Hall–Kier alpha value is -3.23. The largest absolute Gasteiger partial charge is 0.484 e. The Morgan fingerprint density at radius 2 is 1.91 bits per heavy atom. The fourth-order valence-electron chi connectivity index (χ4n) is 3.33. The maximum Gasteiger partial charge on any atom is 0.260 e. The summed E-state index contributed by atoms with van der Waals surface area (Å²) < 4.78 is 26.1. The number of methoxy groups -OCH3 is 1. The Balaban J connectivity index is 1.42. The zero-order valence-electron chi connectivity index (χ0n) is 17.7. The molecule has 0 saturated carbocycles. The van der Waals surface area contributed by atoms with E-state index in [1.807, 2.05) is 40.9 Å². The van der Waals surface area contributed by atoms with E-state index < -0.39 is 0 Å². The van der Waals surface area contributed by atoms with Crippen molar-refractivity contribution in [1.82, 2.24) is 14.3 Å². The van der Waals surface area contributed by atoms with Gasteiger partial charge in [0.25, 0.3) is 5.91 Å². The maximum atomic E-state index is 13.2. The minimum absolute atomic E-state index is 0.0213. The molecule has 0 unspecified atom stereocenters. The Morgan fingerprint density at radius 1 is 1.12 bits per heavy atom. The first-order valence-electron chi connectivity index (χ1n) is 10.3. The van der Waals surface area contributed by atoms with Crippen LogP contribution in [0.3, 0.4) is 0 Å². The third-order valence-electron chi connectivity index (χ3n) is 5.08. The lowest BCUT2D eigenvalue weighted by Crippen LogP contribution is -2.38. The Morgan fingerprint density at radius 3 is 2.66 bits per heavy atom. The topological polar surface area (TPSA) is 56.1 Å². The Kier molecular flexibility index (Phi) is 7.14. The van der Waals surface area contributed by atoms with Gasteiger partial charge < -0.3 is 14.4 Å². The van der Waals surface area contributed by atoms with E-state index in [0.29, 0.717) is 31.9 Å². The zero-order valence-corrected chi connectivity index (χ0v) is 18.6. The summed E-state index contributed by atoms with van der Waals surface area (Å²) in [5, 5.41) is 2.05. The molecule has 0 atom stereocenters. The number of rotatable bonds is 10. The van der Waals surface area contributed by atoms with E-state index in [4.69, 9.17) is 9.47 Å². The van der Waals surface area contributed by atoms with Gasteiger partial charge in [0.15, 0.2) is 11.6 Å². The van der Waals surface area contributed by atoms with Crippen LogP contribution in [0.1, 0.15) is 5.69 Å². The number of amides is 1. The second-order valence-electron chi connectivity index (χ2n) is 7.24. The van der Waals surface area contributed by atoms with Crippen LogP contribution in [0.4, 0.5) is 4.39 Å². The highest BCUT2D eigenvalue weighted by atomic mass is 32.1. The Bertz CT molecular complexity index is 1160. The molecule has 4 rings (SSSR count). The van der Waals surface area contributed by atoms with Crippen LogP contribution < -0.4 is 4.74 Å². The first kappa shape index (κ1) is 22.0. The summed E-state index contributed by atoms with van der Waals surface area (Å²) in [4.78, 5) is 20.0. The van der Waals surface area contributed by atoms with Crippen molar-refractivity contribution in [3.63, 3.8) is 0 Å². The van der Waals surface area contributed by atoms with Gasteiger partial charge in [-0.1, -0.05) is 18.2 Å². The first-order valence-corrected chi connectivity index (χ1v) is 11.2. The van der Waals surface area contributed by atoms with Crippen molar-refractivity contribution in [1.29, 1.82) is 0 Å². The van der Waals surface area contributed by atoms with Gasteiger partial charge in [0.05, 0.1) is 12.3 Å². The van der Waals surface area contributed by atoms with Crippen LogP contribution in [-0.2, 0) is 16.0 Å². The summed E-state index contributed by atoms with van der Waals surface area (Å²) in [5.41, 5.74) is 2.72. The molecule has 0 fully saturated rings. The number of halogens is 1. The minimum Gasteiger partial charge on any atom is -0.484 e. The number of para-hydroxylation sites is 1. The van der Waals surface area contributed by atoms with Crippen molar-refractivity contribution in [3.05, 3.63) is 77.7 Å². The van der Waals surface area contributed by atoms with Crippen molar-refractivity contribution in [3.8, 4) is 17.0 Å². The number of thiazole rings is 1. The number of hydrogen-bond acceptors (Lipinski definition) is 5. The SMILES string of the molecule is COCCN(CCc1csc2nc(-c3ccc(F)cc3)cn12)C(=O)COc1ccccc1. The monoisotopic (exact) mass is 453 g/mol. The number of imidazole rings is 1. The van der Waals surface area contributed by atoms with E-state index >= 15 is 0 Å². The van der Waals surface area contributed by atoms with Crippen LogP contribution in [0.5, 0.6) is 5.75 Å². The van der Waals surface area contributed by atoms with Gasteiger partial charge in [0.1, 0.15) is 11.6 Å². The van der Waals surface area contributed by atoms with E-state index in [2.05, 4.69) is 10.4 Å². The van der Waals surface area contributed by atoms with Gasteiger partial charge in [0.2, 0.25) is 0 Å². The summed E-state index contributed by atoms with van der Waals surface area (Å²) in [7, 11) is 1.62. The molecular weight excluding hydrogens is 429 g/mol. The molecule has 0 saturated heterocycles. The maximum absolute atomic E-state index is 13.2. The second-order valence-corrected chi connectivity index (χ2v) is 8.07. The molecular formula is C24H24FN3O3S. The molecule has 0 radical (unpaired) electrons. The van der Waals surface area contributed by atoms with E-state index in [-0.39, 0.29) is 18.3 Å². The van der Waals surface area contributed by atoms with Crippen LogP contribution in [0.15, 0.2) is 66.2 Å². The number of fused-ring (bicyclic) bond motifs is 1. The van der Waals surface area contributed by atoms with Gasteiger partial charge >= 0.3 is 0 Å². The molecule has 0 aliphatic heterocycles. The van der Waals surface area contributed by atoms with Gasteiger partial charge in [-0.25, -0.2) is 9.37 Å². The van der Waals surface area contributed by atoms with Gasteiger partial charge in [-0.05, 0) is 36.4 Å². The molecule has 32 heavy (non-hydrogen) atoms.